The summed E-state index contributed by atoms with van der Waals surface area (Å²) in [5, 5.41) is 0. The van der Waals surface area contributed by atoms with E-state index in [1.54, 1.807) is 17.8 Å². The molecule has 0 fully saturated rings. The highest BCUT2D eigenvalue weighted by atomic mass is 32.2. The van der Waals surface area contributed by atoms with E-state index in [0.29, 0.717) is 5.82 Å². The van der Waals surface area contributed by atoms with Crippen LogP contribution >= 0.6 is 0 Å². The topological polar surface area (TPSA) is 52.0 Å². The Morgan fingerprint density at radius 2 is 2.06 bits per heavy atom. The van der Waals surface area contributed by atoms with Crippen LogP contribution in [0.5, 0.6) is 0 Å². The Kier molecular flexibility index (Phi) is 2.97. The van der Waals surface area contributed by atoms with Crippen LogP contribution in [-0.4, -0.2) is 18.0 Å². The van der Waals surface area contributed by atoms with Crippen molar-refractivity contribution in [3.8, 4) is 0 Å². The fourth-order valence-electron chi connectivity index (χ4n) is 1.48. The van der Waals surface area contributed by atoms with Crippen molar-refractivity contribution in [2.45, 2.75) is 10.6 Å². The lowest BCUT2D eigenvalue weighted by Crippen LogP contribution is -2.10. The number of rotatable bonds is 3. The molecule has 2 rings (SSSR count). The number of hydrogen-bond donors (Lipinski definition) is 0. The fourth-order valence-corrected chi connectivity index (χ4v) is 2.90. The average Bonchev–Trinajstić information content (AvgIpc) is 2.64. The van der Waals surface area contributed by atoms with E-state index < -0.39 is 15.7 Å². The third-order valence-electron chi connectivity index (χ3n) is 2.41. The first-order valence-corrected chi connectivity index (χ1v) is 6.59. The monoisotopic (exact) mass is 254 g/mol. The number of benzene rings is 1. The fraction of sp³-hybridized carbons (Fsp3) is 0.182. The van der Waals surface area contributed by atoms with Gasteiger partial charge in [-0.25, -0.2) is 17.8 Å². The molecule has 6 heteroatoms. The zero-order valence-corrected chi connectivity index (χ0v) is 9.98. The predicted octanol–water partition coefficient (Wildman–Crippen LogP) is 1.53. The standard InChI is InChI=1S/C11H11FN2O2S/c1-14-7-6-13-11(14)8-17(15,16)10-5-3-2-4-9(10)12/h2-7H,8H2,1H3. The van der Waals surface area contributed by atoms with E-state index in [2.05, 4.69) is 4.98 Å². The van der Waals surface area contributed by atoms with Gasteiger partial charge in [-0.3, -0.25) is 0 Å². The highest BCUT2D eigenvalue weighted by molar-refractivity contribution is 7.90. The number of halogens is 1. The van der Waals surface area contributed by atoms with Crippen LogP contribution in [0.15, 0.2) is 41.6 Å². The summed E-state index contributed by atoms with van der Waals surface area (Å²) in [7, 11) is -2.00. The number of hydrogen-bond acceptors (Lipinski definition) is 3. The molecular formula is C11H11FN2O2S. The highest BCUT2D eigenvalue weighted by Crippen LogP contribution is 2.18. The van der Waals surface area contributed by atoms with E-state index >= 15 is 0 Å². The Bertz CT molecular complexity index is 634. The molecule has 4 nitrogen and oxygen atoms in total. The van der Waals surface area contributed by atoms with Gasteiger partial charge in [-0.05, 0) is 12.1 Å². The van der Waals surface area contributed by atoms with Crippen molar-refractivity contribution in [3.05, 3.63) is 48.3 Å². The summed E-state index contributed by atoms with van der Waals surface area (Å²) in [6, 6.07) is 5.34. The van der Waals surface area contributed by atoms with Crippen LogP contribution in [0.3, 0.4) is 0 Å². The maximum absolute atomic E-state index is 13.4. The van der Waals surface area contributed by atoms with Gasteiger partial charge >= 0.3 is 0 Å². The molecule has 0 aliphatic heterocycles. The van der Waals surface area contributed by atoms with E-state index in [9.17, 15) is 12.8 Å². The smallest absolute Gasteiger partial charge is 0.188 e. The number of aryl methyl sites for hydroxylation is 1. The molecule has 0 bridgehead atoms. The van der Waals surface area contributed by atoms with Gasteiger partial charge in [0.15, 0.2) is 9.84 Å². The summed E-state index contributed by atoms with van der Waals surface area (Å²) in [4.78, 5) is 3.63. The van der Waals surface area contributed by atoms with E-state index in [4.69, 9.17) is 0 Å². The molecule has 17 heavy (non-hydrogen) atoms. The normalized spacial score (nSPS) is 11.6. The first-order chi connectivity index (χ1) is 8.00. The minimum Gasteiger partial charge on any atom is -0.337 e. The van der Waals surface area contributed by atoms with Crippen LogP contribution in [-0.2, 0) is 22.6 Å². The molecule has 0 aliphatic carbocycles. The van der Waals surface area contributed by atoms with Crippen molar-refractivity contribution < 1.29 is 12.8 Å². The van der Waals surface area contributed by atoms with Crippen LogP contribution in [0.4, 0.5) is 4.39 Å². The largest absolute Gasteiger partial charge is 0.337 e. The summed E-state index contributed by atoms with van der Waals surface area (Å²) in [5.41, 5.74) is 0. The van der Waals surface area contributed by atoms with Crippen molar-refractivity contribution >= 4 is 9.84 Å². The number of sulfone groups is 1. The zero-order valence-electron chi connectivity index (χ0n) is 9.17. The average molecular weight is 254 g/mol. The molecule has 0 amide bonds. The van der Waals surface area contributed by atoms with Crippen molar-refractivity contribution in [1.82, 2.24) is 9.55 Å². The van der Waals surface area contributed by atoms with Crippen LogP contribution < -0.4 is 0 Å². The molecule has 0 saturated carbocycles. The highest BCUT2D eigenvalue weighted by Gasteiger charge is 2.21. The third kappa shape index (κ3) is 2.36. The van der Waals surface area contributed by atoms with E-state index in [0.717, 1.165) is 6.07 Å². The van der Waals surface area contributed by atoms with Crippen molar-refractivity contribution in [3.63, 3.8) is 0 Å². The van der Waals surface area contributed by atoms with Gasteiger partial charge in [0.25, 0.3) is 0 Å². The molecule has 1 aromatic heterocycles. The Morgan fingerprint density at radius 3 is 2.65 bits per heavy atom. The lowest BCUT2D eigenvalue weighted by Gasteiger charge is -2.05. The van der Waals surface area contributed by atoms with Crippen molar-refractivity contribution in [2.75, 3.05) is 0 Å². The predicted molar refractivity (Wildman–Crippen MR) is 60.5 cm³/mol. The van der Waals surface area contributed by atoms with Crippen LogP contribution in [0.25, 0.3) is 0 Å². The van der Waals surface area contributed by atoms with Gasteiger partial charge < -0.3 is 4.57 Å². The van der Waals surface area contributed by atoms with Gasteiger partial charge in [-0.15, -0.1) is 0 Å². The Hall–Kier alpha value is -1.69. The molecule has 0 aliphatic rings. The zero-order chi connectivity index (χ0) is 12.5. The van der Waals surface area contributed by atoms with Crippen LogP contribution in [0, 0.1) is 5.82 Å². The second-order valence-corrected chi connectivity index (χ2v) is 5.60. The van der Waals surface area contributed by atoms with E-state index in [1.807, 2.05) is 0 Å². The van der Waals surface area contributed by atoms with E-state index in [-0.39, 0.29) is 10.6 Å². The molecule has 0 spiro atoms. The number of nitrogens with zero attached hydrogens (tertiary/aromatic N) is 2. The minimum absolute atomic E-state index is 0.289. The van der Waals surface area contributed by atoms with E-state index in [1.165, 1.54) is 24.4 Å². The SMILES string of the molecule is Cn1ccnc1CS(=O)(=O)c1ccccc1F. The molecule has 0 saturated heterocycles. The first-order valence-electron chi connectivity index (χ1n) is 4.94. The van der Waals surface area contributed by atoms with Gasteiger partial charge in [0.1, 0.15) is 22.3 Å². The molecule has 0 N–H and O–H groups in total. The van der Waals surface area contributed by atoms with Crippen LogP contribution in [0.1, 0.15) is 5.82 Å². The summed E-state index contributed by atoms with van der Waals surface area (Å²) in [5.74, 6) is -0.660. The quantitative estimate of drug-likeness (QED) is 0.834. The number of imidazole rings is 1. The summed E-state index contributed by atoms with van der Waals surface area (Å²) < 4.78 is 39.0. The third-order valence-corrected chi connectivity index (χ3v) is 4.05. The lowest BCUT2D eigenvalue weighted by atomic mass is 10.3. The molecule has 0 radical (unpaired) electrons. The molecular weight excluding hydrogens is 243 g/mol. The lowest BCUT2D eigenvalue weighted by molar-refractivity contribution is 0.564. The Morgan fingerprint density at radius 1 is 1.35 bits per heavy atom. The minimum atomic E-state index is -3.69. The second-order valence-electron chi connectivity index (χ2n) is 3.64. The maximum Gasteiger partial charge on any atom is 0.188 e. The molecule has 2 aromatic rings. The van der Waals surface area contributed by atoms with Gasteiger partial charge in [0.05, 0.1) is 0 Å². The molecule has 90 valence electrons. The van der Waals surface area contributed by atoms with Crippen LogP contribution in [0.2, 0.25) is 0 Å². The van der Waals surface area contributed by atoms with Gasteiger partial charge in [-0.2, -0.15) is 0 Å². The molecule has 1 heterocycles. The molecule has 0 unspecified atom stereocenters. The van der Waals surface area contributed by atoms with Crippen molar-refractivity contribution in [1.29, 1.82) is 0 Å². The van der Waals surface area contributed by atoms with Crippen molar-refractivity contribution in [2.24, 2.45) is 7.05 Å². The second kappa shape index (κ2) is 4.29. The number of aromatic nitrogens is 2. The summed E-state index contributed by atoms with van der Waals surface area (Å²) >= 11 is 0. The summed E-state index contributed by atoms with van der Waals surface area (Å²) in [6.07, 6.45) is 3.15. The maximum atomic E-state index is 13.4. The van der Waals surface area contributed by atoms with Gasteiger partial charge in [0, 0.05) is 19.4 Å². The van der Waals surface area contributed by atoms with Gasteiger partial charge in [0.2, 0.25) is 0 Å². The molecule has 1 aromatic carbocycles. The Labute approximate surface area is 98.6 Å². The van der Waals surface area contributed by atoms with Gasteiger partial charge in [-0.1, -0.05) is 12.1 Å². The molecule has 0 atom stereocenters. The Balaban J connectivity index is 2.39. The first kappa shape index (κ1) is 11.8. The summed E-state index contributed by atoms with van der Waals surface area (Å²) in [6.45, 7) is 0.